The molecule has 0 amide bonds. The molecule has 1 unspecified atom stereocenters. The molecule has 0 saturated carbocycles. The fourth-order valence-corrected chi connectivity index (χ4v) is 3.07. The van der Waals surface area contributed by atoms with Gasteiger partial charge < -0.3 is 5.32 Å². The third-order valence-electron chi connectivity index (χ3n) is 4.16. The van der Waals surface area contributed by atoms with Crippen molar-refractivity contribution in [2.45, 2.75) is 45.1 Å². The molecule has 1 aromatic heterocycles. The first-order valence-electron chi connectivity index (χ1n) is 7.99. The second-order valence-electron chi connectivity index (χ2n) is 5.68. The van der Waals surface area contributed by atoms with Gasteiger partial charge in [-0.15, -0.1) is 0 Å². The van der Waals surface area contributed by atoms with E-state index in [1.54, 1.807) is 0 Å². The number of nitrogens with one attached hydrogen (secondary N) is 1. The Hall–Kier alpha value is -1.74. The lowest BCUT2D eigenvalue weighted by Crippen LogP contribution is -2.26. The lowest BCUT2D eigenvalue weighted by Gasteiger charge is -2.25. The number of rotatable bonds is 5. The third-order valence-corrected chi connectivity index (χ3v) is 4.16. The first kappa shape index (κ1) is 14.2. The number of nitrogens with zero attached hydrogens (tertiary/aromatic N) is 2. The predicted molar refractivity (Wildman–Crippen MR) is 85.2 cm³/mol. The SMILES string of the molecule is CCNC1CCCc2nc(CCc3ccccc3)ncc21. The Labute approximate surface area is 126 Å². The average Bonchev–Trinajstić information content (AvgIpc) is 2.54. The van der Waals surface area contributed by atoms with Crippen molar-refractivity contribution in [3.05, 3.63) is 59.2 Å². The van der Waals surface area contributed by atoms with Crippen LogP contribution in [0.15, 0.2) is 36.5 Å². The maximum absolute atomic E-state index is 4.81. The highest BCUT2D eigenvalue weighted by molar-refractivity contribution is 5.25. The minimum Gasteiger partial charge on any atom is -0.310 e. The van der Waals surface area contributed by atoms with Crippen LogP contribution in [0.1, 0.15) is 48.5 Å². The molecular weight excluding hydrogens is 258 g/mol. The summed E-state index contributed by atoms with van der Waals surface area (Å²) in [4.78, 5) is 9.40. The second-order valence-corrected chi connectivity index (χ2v) is 5.68. The zero-order valence-electron chi connectivity index (χ0n) is 12.7. The van der Waals surface area contributed by atoms with E-state index in [0.29, 0.717) is 6.04 Å². The van der Waals surface area contributed by atoms with Crippen molar-refractivity contribution in [3.63, 3.8) is 0 Å². The van der Waals surface area contributed by atoms with E-state index in [1.807, 2.05) is 0 Å². The standard InChI is InChI=1S/C18H23N3/c1-2-19-16-9-6-10-17-15(16)13-20-18(21-17)12-11-14-7-4-3-5-8-14/h3-5,7-8,13,16,19H,2,6,9-12H2,1H3. The second kappa shape index (κ2) is 6.81. The molecule has 3 nitrogen and oxygen atoms in total. The van der Waals surface area contributed by atoms with Gasteiger partial charge in [0.05, 0.1) is 0 Å². The van der Waals surface area contributed by atoms with Gasteiger partial charge in [0.2, 0.25) is 0 Å². The average molecular weight is 281 g/mol. The van der Waals surface area contributed by atoms with Crippen molar-refractivity contribution < 1.29 is 0 Å². The summed E-state index contributed by atoms with van der Waals surface area (Å²) in [5, 5.41) is 3.54. The molecule has 3 rings (SSSR count). The summed E-state index contributed by atoms with van der Waals surface area (Å²) >= 11 is 0. The van der Waals surface area contributed by atoms with E-state index < -0.39 is 0 Å². The van der Waals surface area contributed by atoms with Gasteiger partial charge in [-0.25, -0.2) is 9.97 Å². The fourth-order valence-electron chi connectivity index (χ4n) is 3.07. The van der Waals surface area contributed by atoms with Gasteiger partial charge in [0.15, 0.2) is 0 Å². The number of fused-ring (bicyclic) bond motifs is 1. The quantitative estimate of drug-likeness (QED) is 0.914. The molecule has 1 aliphatic rings. The lowest BCUT2D eigenvalue weighted by molar-refractivity contribution is 0.462. The van der Waals surface area contributed by atoms with E-state index >= 15 is 0 Å². The highest BCUT2D eigenvalue weighted by Crippen LogP contribution is 2.27. The summed E-state index contributed by atoms with van der Waals surface area (Å²) in [7, 11) is 0. The van der Waals surface area contributed by atoms with Crippen LogP contribution >= 0.6 is 0 Å². The Morgan fingerprint density at radius 1 is 1.19 bits per heavy atom. The Kier molecular flexibility index (Phi) is 4.61. The Morgan fingerprint density at radius 3 is 2.86 bits per heavy atom. The topological polar surface area (TPSA) is 37.8 Å². The fraction of sp³-hybridized carbons (Fsp3) is 0.444. The maximum atomic E-state index is 4.81. The molecule has 1 N–H and O–H groups in total. The van der Waals surface area contributed by atoms with Gasteiger partial charge in [-0.2, -0.15) is 0 Å². The molecule has 0 bridgehead atoms. The molecule has 1 heterocycles. The molecule has 1 aromatic carbocycles. The Morgan fingerprint density at radius 2 is 2.05 bits per heavy atom. The maximum Gasteiger partial charge on any atom is 0.128 e. The van der Waals surface area contributed by atoms with Crippen molar-refractivity contribution in [1.82, 2.24) is 15.3 Å². The molecule has 0 fully saturated rings. The van der Waals surface area contributed by atoms with Gasteiger partial charge >= 0.3 is 0 Å². The summed E-state index contributed by atoms with van der Waals surface area (Å²) in [5.41, 5.74) is 3.92. The van der Waals surface area contributed by atoms with Crippen LogP contribution in [0, 0.1) is 0 Å². The van der Waals surface area contributed by atoms with Gasteiger partial charge in [-0.05, 0) is 37.8 Å². The van der Waals surface area contributed by atoms with Gasteiger partial charge in [0, 0.05) is 29.9 Å². The number of benzene rings is 1. The molecule has 110 valence electrons. The molecule has 0 saturated heterocycles. The van der Waals surface area contributed by atoms with Gasteiger partial charge in [-0.3, -0.25) is 0 Å². The Balaban J connectivity index is 1.71. The first-order chi connectivity index (χ1) is 10.4. The van der Waals surface area contributed by atoms with E-state index in [1.165, 1.54) is 29.7 Å². The molecule has 2 aromatic rings. The van der Waals surface area contributed by atoms with Crippen molar-refractivity contribution in [2.24, 2.45) is 0 Å². The zero-order chi connectivity index (χ0) is 14.5. The van der Waals surface area contributed by atoms with Gasteiger partial charge in [-0.1, -0.05) is 37.3 Å². The molecular formula is C18H23N3. The highest BCUT2D eigenvalue weighted by atomic mass is 14.9. The smallest absolute Gasteiger partial charge is 0.128 e. The van der Waals surface area contributed by atoms with Crippen LogP contribution in [0.25, 0.3) is 0 Å². The molecule has 1 aliphatic carbocycles. The Bertz CT molecular complexity index is 580. The first-order valence-corrected chi connectivity index (χ1v) is 7.99. The largest absolute Gasteiger partial charge is 0.310 e. The number of aromatic nitrogens is 2. The van der Waals surface area contributed by atoms with E-state index in [2.05, 4.69) is 53.8 Å². The predicted octanol–water partition coefficient (Wildman–Crippen LogP) is 3.25. The van der Waals surface area contributed by atoms with Crippen molar-refractivity contribution in [3.8, 4) is 0 Å². The van der Waals surface area contributed by atoms with Gasteiger partial charge in [0.1, 0.15) is 5.82 Å². The molecule has 3 heteroatoms. The van der Waals surface area contributed by atoms with Crippen LogP contribution < -0.4 is 5.32 Å². The minimum absolute atomic E-state index is 0.446. The van der Waals surface area contributed by atoms with Crippen LogP contribution in [0.3, 0.4) is 0 Å². The molecule has 1 atom stereocenters. The molecule has 0 radical (unpaired) electrons. The van der Waals surface area contributed by atoms with E-state index in [4.69, 9.17) is 4.98 Å². The van der Waals surface area contributed by atoms with E-state index in [9.17, 15) is 0 Å². The highest BCUT2D eigenvalue weighted by Gasteiger charge is 2.21. The van der Waals surface area contributed by atoms with Crippen LogP contribution in [0.2, 0.25) is 0 Å². The monoisotopic (exact) mass is 281 g/mol. The van der Waals surface area contributed by atoms with E-state index in [-0.39, 0.29) is 0 Å². The third kappa shape index (κ3) is 3.48. The van der Waals surface area contributed by atoms with Crippen molar-refractivity contribution in [1.29, 1.82) is 0 Å². The van der Waals surface area contributed by atoms with Crippen LogP contribution in [0.5, 0.6) is 0 Å². The number of hydrogen-bond acceptors (Lipinski definition) is 3. The van der Waals surface area contributed by atoms with Crippen LogP contribution in [-0.4, -0.2) is 16.5 Å². The van der Waals surface area contributed by atoms with Crippen molar-refractivity contribution in [2.75, 3.05) is 6.54 Å². The van der Waals surface area contributed by atoms with Gasteiger partial charge in [0.25, 0.3) is 0 Å². The zero-order valence-corrected chi connectivity index (χ0v) is 12.7. The summed E-state index contributed by atoms with van der Waals surface area (Å²) in [6, 6.07) is 11.0. The summed E-state index contributed by atoms with van der Waals surface area (Å²) in [6.07, 6.45) is 7.50. The molecule has 0 aliphatic heterocycles. The normalized spacial score (nSPS) is 17.5. The summed E-state index contributed by atoms with van der Waals surface area (Å²) < 4.78 is 0. The number of hydrogen-bond donors (Lipinski definition) is 1. The minimum atomic E-state index is 0.446. The lowest BCUT2D eigenvalue weighted by atomic mass is 9.92. The van der Waals surface area contributed by atoms with Crippen LogP contribution in [-0.2, 0) is 19.3 Å². The summed E-state index contributed by atoms with van der Waals surface area (Å²) in [5.74, 6) is 0.981. The van der Waals surface area contributed by atoms with Crippen LogP contribution in [0.4, 0.5) is 0 Å². The van der Waals surface area contributed by atoms with Crippen molar-refractivity contribution >= 4 is 0 Å². The summed E-state index contributed by atoms with van der Waals surface area (Å²) in [6.45, 7) is 3.16. The molecule has 21 heavy (non-hydrogen) atoms. The number of aryl methyl sites for hydroxylation is 3. The molecule has 0 spiro atoms. The van der Waals surface area contributed by atoms with E-state index in [0.717, 1.165) is 31.6 Å².